The topological polar surface area (TPSA) is 109 Å². The molecule has 3 fully saturated rings. The van der Waals surface area contributed by atoms with E-state index in [9.17, 15) is 33.0 Å². The quantitative estimate of drug-likeness (QED) is 0.498. The number of amides is 1. The maximum Gasteiger partial charge on any atom is 0.433 e. The number of alkyl halides is 3. The molecular weight excluding hydrogens is 513 g/mol. The molecule has 39 heavy (non-hydrogen) atoms. The summed E-state index contributed by atoms with van der Waals surface area (Å²) >= 11 is 0. The molecule has 8 nitrogen and oxygen atoms in total. The van der Waals surface area contributed by atoms with Gasteiger partial charge in [0.2, 0.25) is 0 Å². The van der Waals surface area contributed by atoms with Crippen LogP contribution < -0.4 is 0 Å². The Morgan fingerprint density at radius 3 is 2.33 bits per heavy atom. The van der Waals surface area contributed by atoms with Crippen LogP contribution in [0.15, 0.2) is 30.6 Å². The van der Waals surface area contributed by atoms with E-state index < -0.39 is 46.9 Å². The summed E-state index contributed by atoms with van der Waals surface area (Å²) in [5.41, 5.74) is -2.15. The van der Waals surface area contributed by atoms with Gasteiger partial charge in [-0.2, -0.15) is 18.3 Å². The molecule has 11 heteroatoms. The number of carbonyl (C=O) groups is 2. The molecule has 0 saturated heterocycles. The van der Waals surface area contributed by atoms with Crippen LogP contribution in [0, 0.1) is 22.7 Å². The predicted octanol–water partition coefficient (Wildman–Crippen LogP) is 5.11. The second-order valence-corrected chi connectivity index (χ2v) is 12.3. The molecule has 0 aromatic carbocycles. The van der Waals surface area contributed by atoms with Gasteiger partial charge >= 0.3 is 12.1 Å². The number of nitrogens with zero attached hydrogens (tertiary/aromatic N) is 4. The van der Waals surface area contributed by atoms with Crippen LogP contribution in [-0.4, -0.2) is 54.3 Å². The first-order valence-electron chi connectivity index (χ1n) is 13.5. The number of carboxylic acid groups (broad SMARTS) is 1. The minimum absolute atomic E-state index is 0.151. The smallest absolute Gasteiger partial charge is 0.433 e. The van der Waals surface area contributed by atoms with Crippen molar-refractivity contribution >= 4 is 11.9 Å². The van der Waals surface area contributed by atoms with E-state index >= 15 is 0 Å². The van der Waals surface area contributed by atoms with Crippen LogP contribution in [0.3, 0.4) is 0 Å². The Morgan fingerprint density at radius 1 is 1.15 bits per heavy atom. The molecule has 2 aromatic heterocycles. The number of pyridine rings is 1. The van der Waals surface area contributed by atoms with Crippen LogP contribution in [0.5, 0.6) is 0 Å². The first-order valence-corrected chi connectivity index (χ1v) is 13.5. The number of hydrogen-bond acceptors (Lipinski definition) is 5. The maximum atomic E-state index is 14.5. The van der Waals surface area contributed by atoms with Gasteiger partial charge in [-0.3, -0.25) is 19.3 Å². The Balaban J connectivity index is 1.45. The van der Waals surface area contributed by atoms with Crippen molar-refractivity contribution in [3.05, 3.63) is 47.5 Å². The number of hydrogen-bond donors (Lipinski definition) is 2. The normalized spacial score (nSPS) is 30.4. The van der Waals surface area contributed by atoms with Gasteiger partial charge in [0.25, 0.3) is 5.91 Å². The Kier molecular flexibility index (Phi) is 6.80. The van der Waals surface area contributed by atoms with E-state index in [1.807, 2.05) is 0 Å². The van der Waals surface area contributed by atoms with Gasteiger partial charge in [-0.1, -0.05) is 19.9 Å². The van der Waals surface area contributed by atoms with Gasteiger partial charge < -0.3 is 15.1 Å². The molecule has 1 amide bonds. The van der Waals surface area contributed by atoms with E-state index in [2.05, 4.69) is 23.9 Å². The zero-order valence-electron chi connectivity index (χ0n) is 22.4. The van der Waals surface area contributed by atoms with E-state index in [-0.39, 0.29) is 43.7 Å². The number of aliphatic carboxylic acids is 1. The molecule has 2 N–H and O–H groups in total. The van der Waals surface area contributed by atoms with Crippen molar-refractivity contribution in [2.24, 2.45) is 22.7 Å². The van der Waals surface area contributed by atoms with E-state index in [1.54, 1.807) is 25.1 Å². The Labute approximate surface area is 225 Å². The zero-order chi connectivity index (χ0) is 28.3. The number of carboxylic acids is 1. The van der Waals surface area contributed by atoms with E-state index in [4.69, 9.17) is 0 Å². The number of carbonyl (C=O) groups excluding carboxylic acids is 1. The summed E-state index contributed by atoms with van der Waals surface area (Å²) < 4.78 is 44.3. The summed E-state index contributed by atoms with van der Waals surface area (Å²) in [5.74, 6) is -0.993. The van der Waals surface area contributed by atoms with Gasteiger partial charge in [0, 0.05) is 12.2 Å². The molecule has 212 valence electrons. The van der Waals surface area contributed by atoms with Crippen LogP contribution in [0.1, 0.15) is 93.2 Å². The average Bonchev–Trinajstić information content (AvgIpc) is 3.32. The van der Waals surface area contributed by atoms with E-state index in [0.717, 1.165) is 10.9 Å². The SMILES string of the molecule is CC1(C)[C@@H]2C[C@@H](N(CC(O)c3ccccn3)C(=O)c3cnn([C@H]4CC[C@](C)(C(=O)O)CC4)c3C(F)(F)F)C[C@@H]21. The summed E-state index contributed by atoms with van der Waals surface area (Å²) in [4.78, 5) is 31.1. The molecule has 2 aromatic rings. The lowest BCUT2D eigenvalue weighted by molar-refractivity contribution is -0.152. The third-order valence-corrected chi connectivity index (χ3v) is 9.66. The lowest BCUT2D eigenvalue weighted by Gasteiger charge is -2.35. The monoisotopic (exact) mass is 548 g/mol. The Hall–Kier alpha value is -2.95. The molecule has 1 unspecified atom stereocenters. The lowest BCUT2D eigenvalue weighted by Crippen LogP contribution is -2.43. The van der Waals surface area contributed by atoms with Crippen molar-refractivity contribution in [2.75, 3.05) is 6.54 Å². The molecule has 5 rings (SSSR count). The molecule has 4 atom stereocenters. The van der Waals surface area contributed by atoms with Crippen LogP contribution in [0.2, 0.25) is 0 Å². The molecule has 0 aliphatic heterocycles. The number of fused-ring (bicyclic) bond motifs is 1. The van der Waals surface area contributed by atoms with E-state index in [0.29, 0.717) is 30.4 Å². The highest BCUT2D eigenvalue weighted by atomic mass is 19.4. The molecule has 3 saturated carbocycles. The third kappa shape index (κ3) is 4.94. The van der Waals surface area contributed by atoms with Crippen LogP contribution >= 0.6 is 0 Å². The van der Waals surface area contributed by atoms with Crippen LogP contribution in [0.4, 0.5) is 13.2 Å². The molecule has 0 spiro atoms. The number of aliphatic hydroxyl groups excluding tert-OH is 1. The number of rotatable bonds is 7. The first kappa shape index (κ1) is 27.6. The molecule has 0 radical (unpaired) electrons. The summed E-state index contributed by atoms with van der Waals surface area (Å²) in [6.07, 6.45) is -1.30. The van der Waals surface area contributed by atoms with Crippen molar-refractivity contribution in [1.82, 2.24) is 19.7 Å². The third-order valence-electron chi connectivity index (χ3n) is 9.66. The van der Waals surface area contributed by atoms with Gasteiger partial charge in [0.1, 0.15) is 6.10 Å². The molecule has 3 aliphatic rings. The van der Waals surface area contributed by atoms with Crippen molar-refractivity contribution in [1.29, 1.82) is 0 Å². The highest BCUT2D eigenvalue weighted by Crippen LogP contribution is 2.67. The standard InChI is InChI=1S/C28H35F3N4O4/c1-26(2)19-12-17(13-20(19)26)34(15-22(36)21-6-4-5-11-32-21)24(37)18-14-33-35(23(18)28(29,30)31)16-7-9-27(3,10-8-16)25(38)39/h4-6,11,14,16-17,19-20,22,36H,7-10,12-13,15H2,1-3H3,(H,38,39)/t16-,17-,19-,20+,22?,27-. The minimum Gasteiger partial charge on any atom is -0.481 e. The fourth-order valence-electron chi connectivity index (χ4n) is 6.91. The van der Waals surface area contributed by atoms with Crippen LogP contribution in [0.25, 0.3) is 0 Å². The summed E-state index contributed by atoms with van der Waals surface area (Å²) in [7, 11) is 0. The number of aliphatic hydroxyl groups is 1. The lowest BCUT2D eigenvalue weighted by atomic mass is 9.74. The van der Waals surface area contributed by atoms with E-state index in [1.165, 1.54) is 11.1 Å². The van der Waals surface area contributed by atoms with Crippen molar-refractivity contribution in [3.8, 4) is 0 Å². The largest absolute Gasteiger partial charge is 0.481 e. The molecule has 3 aliphatic carbocycles. The van der Waals surface area contributed by atoms with Gasteiger partial charge in [-0.25, -0.2) is 0 Å². The highest BCUT2D eigenvalue weighted by Gasteiger charge is 2.63. The van der Waals surface area contributed by atoms with Crippen molar-refractivity contribution in [3.63, 3.8) is 0 Å². The van der Waals surface area contributed by atoms with Gasteiger partial charge in [-0.15, -0.1) is 0 Å². The second kappa shape index (κ2) is 9.60. The maximum absolute atomic E-state index is 14.5. The molecule has 2 heterocycles. The number of halogens is 3. The average molecular weight is 549 g/mol. The first-order chi connectivity index (χ1) is 18.2. The zero-order valence-corrected chi connectivity index (χ0v) is 22.4. The highest BCUT2D eigenvalue weighted by molar-refractivity contribution is 5.95. The fourth-order valence-corrected chi connectivity index (χ4v) is 6.91. The Bertz CT molecular complexity index is 1220. The predicted molar refractivity (Wildman–Crippen MR) is 134 cm³/mol. The number of aromatic nitrogens is 3. The van der Waals surface area contributed by atoms with Crippen LogP contribution in [-0.2, 0) is 11.0 Å². The summed E-state index contributed by atoms with van der Waals surface area (Å²) in [5, 5.41) is 24.5. The second-order valence-electron chi connectivity index (χ2n) is 12.3. The van der Waals surface area contributed by atoms with Gasteiger partial charge in [0.05, 0.1) is 35.5 Å². The Morgan fingerprint density at radius 2 is 1.79 bits per heavy atom. The van der Waals surface area contributed by atoms with Crippen molar-refractivity contribution < 1.29 is 33.0 Å². The molecular formula is C28H35F3N4O4. The summed E-state index contributed by atoms with van der Waals surface area (Å²) in [6.45, 7) is 5.76. The minimum atomic E-state index is -4.85. The summed E-state index contributed by atoms with van der Waals surface area (Å²) in [6, 6.07) is 4.06. The molecule has 0 bridgehead atoms. The van der Waals surface area contributed by atoms with Gasteiger partial charge in [-0.05, 0) is 74.8 Å². The van der Waals surface area contributed by atoms with Gasteiger partial charge in [0.15, 0.2) is 5.69 Å². The van der Waals surface area contributed by atoms with Crippen molar-refractivity contribution in [2.45, 2.75) is 83.7 Å². The fraction of sp³-hybridized carbons (Fsp3) is 0.643.